The summed E-state index contributed by atoms with van der Waals surface area (Å²) in [5.74, 6) is -0.324. The highest BCUT2D eigenvalue weighted by Gasteiger charge is 2.10. The lowest BCUT2D eigenvalue weighted by molar-refractivity contribution is -0.134. The number of esters is 1. The highest BCUT2D eigenvalue weighted by atomic mass is 16.5. The van der Waals surface area contributed by atoms with E-state index in [1.165, 1.54) is 18.9 Å². The van der Waals surface area contributed by atoms with Crippen LogP contribution in [0.2, 0.25) is 0 Å². The second-order valence-corrected chi connectivity index (χ2v) is 4.50. The third-order valence-electron chi connectivity index (χ3n) is 3.23. The number of benzene rings is 1. The Morgan fingerprint density at radius 2 is 1.89 bits per heavy atom. The van der Waals surface area contributed by atoms with Gasteiger partial charge in [0, 0.05) is 24.9 Å². The van der Waals surface area contributed by atoms with Crippen LogP contribution in [0, 0.1) is 0 Å². The van der Waals surface area contributed by atoms with Gasteiger partial charge in [-0.3, -0.25) is 0 Å². The molecule has 19 heavy (non-hydrogen) atoms. The smallest absolute Gasteiger partial charge is 0.330 e. The zero-order valence-corrected chi connectivity index (χ0v) is 11.4. The topological polar surface area (TPSA) is 38.8 Å². The molecular formula is C15H19NO3. The Kier molecular flexibility index (Phi) is 4.58. The zero-order chi connectivity index (χ0) is 13.7. The van der Waals surface area contributed by atoms with Gasteiger partial charge in [0.2, 0.25) is 0 Å². The minimum atomic E-state index is -0.324. The molecule has 4 nitrogen and oxygen atoms in total. The number of hydrogen-bond donors (Lipinski definition) is 0. The fraction of sp³-hybridized carbons (Fsp3) is 0.400. The summed E-state index contributed by atoms with van der Waals surface area (Å²) in [5.41, 5.74) is 3.13. The van der Waals surface area contributed by atoms with E-state index in [4.69, 9.17) is 4.74 Å². The number of carbonyl (C=O) groups is 1. The third-order valence-corrected chi connectivity index (χ3v) is 3.23. The molecule has 1 fully saturated rings. The molecule has 1 aromatic rings. The van der Waals surface area contributed by atoms with Gasteiger partial charge in [-0.15, -0.1) is 0 Å². The van der Waals surface area contributed by atoms with E-state index >= 15 is 0 Å². The van der Waals surface area contributed by atoms with Gasteiger partial charge in [0.05, 0.1) is 20.3 Å². The first-order valence-corrected chi connectivity index (χ1v) is 6.40. The van der Waals surface area contributed by atoms with Gasteiger partial charge in [-0.1, -0.05) is 12.1 Å². The molecule has 0 bridgehead atoms. The van der Waals surface area contributed by atoms with E-state index < -0.39 is 0 Å². The Balaban J connectivity index is 2.09. The molecule has 0 aliphatic carbocycles. The Morgan fingerprint density at radius 3 is 2.47 bits per heavy atom. The van der Waals surface area contributed by atoms with E-state index in [1.54, 1.807) is 0 Å². The predicted octanol–water partition coefficient (Wildman–Crippen LogP) is 2.10. The molecule has 1 aliphatic heterocycles. The molecule has 0 amide bonds. The average Bonchev–Trinajstić information content (AvgIpc) is 2.48. The van der Waals surface area contributed by atoms with Crippen molar-refractivity contribution >= 4 is 17.2 Å². The number of carbonyl (C=O) groups excluding carboxylic acids is 1. The largest absolute Gasteiger partial charge is 0.466 e. The SMILES string of the molecule is COC(=O)/C=C(\C)c1ccc(N2CCOCC2)cc1. The molecule has 0 unspecified atom stereocenters. The first-order chi connectivity index (χ1) is 9.20. The van der Waals surface area contributed by atoms with Gasteiger partial charge in [-0.2, -0.15) is 0 Å². The molecule has 4 heteroatoms. The average molecular weight is 261 g/mol. The maximum absolute atomic E-state index is 11.2. The number of anilines is 1. The van der Waals surface area contributed by atoms with E-state index in [-0.39, 0.29) is 5.97 Å². The van der Waals surface area contributed by atoms with Crippen molar-refractivity contribution in [3.63, 3.8) is 0 Å². The number of nitrogens with zero attached hydrogens (tertiary/aromatic N) is 1. The number of hydrogen-bond acceptors (Lipinski definition) is 4. The van der Waals surface area contributed by atoms with Crippen LogP contribution in [0.25, 0.3) is 5.57 Å². The minimum Gasteiger partial charge on any atom is -0.466 e. The Hall–Kier alpha value is -1.81. The second-order valence-electron chi connectivity index (χ2n) is 4.50. The molecule has 1 saturated heterocycles. The summed E-state index contributed by atoms with van der Waals surface area (Å²) in [6.45, 7) is 5.32. The van der Waals surface area contributed by atoms with Crippen molar-refractivity contribution in [3.8, 4) is 0 Å². The van der Waals surface area contributed by atoms with Crippen molar-refractivity contribution in [2.45, 2.75) is 6.92 Å². The molecule has 0 spiro atoms. The first kappa shape index (κ1) is 13.6. The van der Waals surface area contributed by atoms with Crippen LogP contribution in [-0.4, -0.2) is 39.4 Å². The highest BCUT2D eigenvalue weighted by Crippen LogP contribution is 2.20. The van der Waals surface area contributed by atoms with Crippen LogP contribution in [0.1, 0.15) is 12.5 Å². The van der Waals surface area contributed by atoms with Crippen LogP contribution in [0.3, 0.4) is 0 Å². The second kappa shape index (κ2) is 6.38. The molecule has 1 heterocycles. The fourth-order valence-electron chi connectivity index (χ4n) is 2.08. The molecule has 102 valence electrons. The molecule has 0 saturated carbocycles. The number of rotatable bonds is 3. The Labute approximate surface area is 113 Å². The van der Waals surface area contributed by atoms with Gasteiger partial charge < -0.3 is 14.4 Å². The fourth-order valence-corrected chi connectivity index (χ4v) is 2.08. The molecule has 1 aliphatic rings. The lowest BCUT2D eigenvalue weighted by Gasteiger charge is -2.28. The van der Waals surface area contributed by atoms with Crippen molar-refractivity contribution in [1.29, 1.82) is 0 Å². The van der Waals surface area contributed by atoms with Gasteiger partial charge in [0.1, 0.15) is 0 Å². The van der Waals surface area contributed by atoms with Gasteiger partial charge in [0.15, 0.2) is 0 Å². The summed E-state index contributed by atoms with van der Waals surface area (Å²) in [6.07, 6.45) is 1.50. The van der Waals surface area contributed by atoms with Crippen molar-refractivity contribution in [1.82, 2.24) is 0 Å². The van der Waals surface area contributed by atoms with E-state index in [2.05, 4.69) is 21.8 Å². The molecule has 0 N–H and O–H groups in total. The lowest BCUT2D eigenvalue weighted by atomic mass is 10.1. The summed E-state index contributed by atoms with van der Waals surface area (Å²) in [6, 6.07) is 8.21. The summed E-state index contributed by atoms with van der Waals surface area (Å²) < 4.78 is 9.96. The van der Waals surface area contributed by atoms with Crippen LogP contribution >= 0.6 is 0 Å². The molecule has 2 rings (SSSR count). The van der Waals surface area contributed by atoms with Crippen molar-refractivity contribution < 1.29 is 14.3 Å². The van der Waals surface area contributed by atoms with Crippen molar-refractivity contribution in [3.05, 3.63) is 35.9 Å². The maximum Gasteiger partial charge on any atom is 0.330 e. The van der Waals surface area contributed by atoms with Crippen molar-refractivity contribution in [2.24, 2.45) is 0 Å². The highest BCUT2D eigenvalue weighted by molar-refractivity contribution is 5.90. The monoisotopic (exact) mass is 261 g/mol. The molecular weight excluding hydrogens is 242 g/mol. The maximum atomic E-state index is 11.2. The zero-order valence-electron chi connectivity index (χ0n) is 11.4. The van der Waals surface area contributed by atoms with E-state index in [9.17, 15) is 4.79 Å². The van der Waals surface area contributed by atoms with E-state index in [0.29, 0.717) is 0 Å². The van der Waals surface area contributed by atoms with Crippen molar-refractivity contribution in [2.75, 3.05) is 38.3 Å². The van der Waals surface area contributed by atoms with E-state index in [0.717, 1.165) is 37.4 Å². The number of allylic oxidation sites excluding steroid dienone is 1. The summed E-state index contributed by atoms with van der Waals surface area (Å²) >= 11 is 0. The van der Waals surface area contributed by atoms with Gasteiger partial charge >= 0.3 is 5.97 Å². The quantitative estimate of drug-likeness (QED) is 0.617. The van der Waals surface area contributed by atoms with Crippen LogP contribution in [0.5, 0.6) is 0 Å². The molecule has 0 radical (unpaired) electrons. The molecule has 1 aromatic carbocycles. The van der Waals surface area contributed by atoms with Crippen LogP contribution in [0.4, 0.5) is 5.69 Å². The number of methoxy groups -OCH3 is 1. The van der Waals surface area contributed by atoms with E-state index in [1.807, 2.05) is 19.1 Å². The minimum absolute atomic E-state index is 0.324. The number of ether oxygens (including phenoxy) is 2. The van der Waals surface area contributed by atoms with Crippen LogP contribution in [0.15, 0.2) is 30.3 Å². The van der Waals surface area contributed by atoms with Gasteiger partial charge in [0.25, 0.3) is 0 Å². The first-order valence-electron chi connectivity index (χ1n) is 6.40. The summed E-state index contributed by atoms with van der Waals surface area (Å²) in [4.78, 5) is 13.5. The Bertz CT molecular complexity index is 459. The standard InChI is InChI=1S/C15H19NO3/c1-12(11-15(17)18-2)13-3-5-14(6-4-13)16-7-9-19-10-8-16/h3-6,11H,7-10H2,1-2H3/b12-11+. The lowest BCUT2D eigenvalue weighted by Crippen LogP contribution is -2.36. The van der Waals surface area contributed by atoms with Gasteiger partial charge in [-0.25, -0.2) is 4.79 Å². The predicted molar refractivity (Wildman–Crippen MR) is 75.1 cm³/mol. The molecule has 0 aromatic heterocycles. The number of morpholine rings is 1. The van der Waals surface area contributed by atoms with Gasteiger partial charge in [-0.05, 0) is 30.2 Å². The third kappa shape index (κ3) is 3.58. The Morgan fingerprint density at radius 1 is 1.26 bits per heavy atom. The van der Waals surface area contributed by atoms with Crippen LogP contribution < -0.4 is 4.90 Å². The molecule has 0 atom stereocenters. The van der Waals surface area contributed by atoms with Crippen LogP contribution in [-0.2, 0) is 14.3 Å². The normalized spacial score (nSPS) is 16.3. The summed E-state index contributed by atoms with van der Waals surface area (Å²) in [5, 5.41) is 0. The summed E-state index contributed by atoms with van der Waals surface area (Å²) in [7, 11) is 1.38.